The normalized spacial score (nSPS) is 18.5. The van der Waals surface area contributed by atoms with Crippen LogP contribution in [-0.4, -0.2) is 6.66 Å². The quantitative estimate of drug-likeness (QED) is 0.165. The minimum absolute atomic E-state index is 0.465. The minimum Gasteiger partial charge on any atom is -0.426 e. The summed E-state index contributed by atoms with van der Waals surface area (Å²) >= 11 is 0. The highest BCUT2D eigenvalue weighted by Crippen LogP contribution is 2.64. The second-order valence-electron chi connectivity index (χ2n) is 12.7. The molecule has 0 spiro atoms. The maximum Gasteiger partial charge on any atom is 0.372 e. The Morgan fingerprint density at radius 2 is 1.04 bits per heavy atom. The van der Waals surface area contributed by atoms with Crippen LogP contribution >= 0.6 is 14.8 Å². The molecule has 6 aromatic rings. The summed E-state index contributed by atoms with van der Waals surface area (Å²) in [5.41, 5.74) is 9.32. The van der Waals surface area contributed by atoms with Crippen LogP contribution in [0.25, 0.3) is 45.0 Å². The number of nitrogens with zero attached hydrogens (tertiary/aromatic N) is 2. The van der Waals surface area contributed by atoms with Crippen LogP contribution in [0, 0.1) is 22.7 Å². The lowest BCUT2D eigenvalue weighted by molar-refractivity contribution is 0.498. The van der Waals surface area contributed by atoms with Crippen LogP contribution in [0.4, 0.5) is 11.4 Å². The Morgan fingerprint density at radius 1 is 0.538 bits per heavy atom. The standard InChI is InChI=1S/C43H30N4O3P2/c1-51(48)40(31-20-16-29(27-44)17-21-31)25-35-10-6-14-38(42(35)46-51)33-8-5-9-34(24-33)39-15-7-11-36-26-41(32-22-18-30(28-45)19-23-32)52(49,47-43(36)39)50-37-12-3-2-4-13-37/h2-26H,1H3,(H,46,48)(H,47,49). The van der Waals surface area contributed by atoms with Gasteiger partial charge in [0.15, 0.2) is 7.29 Å². The highest BCUT2D eigenvalue weighted by atomic mass is 31.2. The van der Waals surface area contributed by atoms with Gasteiger partial charge in [-0.2, -0.15) is 10.5 Å². The van der Waals surface area contributed by atoms with Crippen LogP contribution in [0.15, 0.2) is 140 Å². The van der Waals surface area contributed by atoms with Gasteiger partial charge in [0.1, 0.15) is 5.75 Å². The zero-order chi connectivity index (χ0) is 35.9. The first-order valence-electron chi connectivity index (χ1n) is 16.6. The number of benzene rings is 6. The van der Waals surface area contributed by atoms with E-state index in [0.717, 1.165) is 44.6 Å². The molecule has 0 amide bonds. The Morgan fingerprint density at radius 3 is 1.60 bits per heavy atom. The average molecular weight is 713 g/mol. The van der Waals surface area contributed by atoms with Crippen molar-refractivity contribution < 1.29 is 13.7 Å². The molecule has 0 aromatic heterocycles. The summed E-state index contributed by atoms with van der Waals surface area (Å²) in [6.45, 7) is 1.73. The predicted molar refractivity (Wildman–Crippen MR) is 211 cm³/mol. The fourth-order valence-electron chi connectivity index (χ4n) is 6.67. The number of anilines is 2. The second-order valence-corrected chi connectivity index (χ2v) is 17.2. The number of rotatable bonds is 6. The van der Waals surface area contributed by atoms with Gasteiger partial charge in [-0.1, -0.05) is 97.1 Å². The van der Waals surface area contributed by atoms with Gasteiger partial charge in [-0.05, 0) is 88.0 Å². The van der Waals surface area contributed by atoms with E-state index in [9.17, 15) is 19.7 Å². The largest absolute Gasteiger partial charge is 0.426 e. The van der Waals surface area contributed by atoms with Gasteiger partial charge in [0.05, 0.1) is 40.0 Å². The number of hydrogen-bond donors (Lipinski definition) is 2. The topological polar surface area (TPSA) is 115 Å². The van der Waals surface area contributed by atoms with Crippen LogP contribution in [-0.2, 0) is 9.13 Å². The zero-order valence-electron chi connectivity index (χ0n) is 27.9. The molecule has 7 nitrogen and oxygen atoms in total. The summed E-state index contributed by atoms with van der Waals surface area (Å²) in [6, 6.07) is 47.5. The molecule has 2 N–H and O–H groups in total. The predicted octanol–water partition coefficient (Wildman–Crippen LogP) is 11.8. The Kier molecular flexibility index (Phi) is 8.25. The van der Waals surface area contributed by atoms with Gasteiger partial charge < -0.3 is 14.7 Å². The van der Waals surface area contributed by atoms with Crippen molar-refractivity contribution in [2.24, 2.45) is 0 Å². The van der Waals surface area contributed by atoms with Gasteiger partial charge in [0.2, 0.25) is 0 Å². The van der Waals surface area contributed by atoms with Gasteiger partial charge in [-0.25, -0.2) is 4.57 Å². The summed E-state index contributed by atoms with van der Waals surface area (Å²) in [5.74, 6) is 0.465. The van der Waals surface area contributed by atoms with Crippen molar-refractivity contribution in [2.75, 3.05) is 16.8 Å². The molecule has 0 saturated heterocycles. The van der Waals surface area contributed by atoms with E-state index < -0.39 is 14.8 Å². The van der Waals surface area contributed by atoms with Crippen LogP contribution in [0.2, 0.25) is 0 Å². The molecule has 2 atom stereocenters. The van der Waals surface area contributed by atoms with Crippen molar-refractivity contribution >= 4 is 49.0 Å². The molecule has 52 heavy (non-hydrogen) atoms. The van der Waals surface area contributed by atoms with Gasteiger partial charge >= 0.3 is 7.52 Å². The summed E-state index contributed by atoms with van der Waals surface area (Å²) < 4.78 is 35.4. The zero-order valence-corrected chi connectivity index (χ0v) is 29.7. The van der Waals surface area contributed by atoms with Crippen LogP contribution in [0.1, 0.15) is 33.4 Å². The number of nitrogens with one attached hydrogen (secondary N) is 2. The van der Waals surface area contributed by atoms with Gasteiger partial charge in [0.25, 0.3) is 0 Å². The van der Waals surface area contributed by atoms with Gasteiger partial charge in [0, 0.05) is 23.1 Å². The number of fused-ring (bicyclic) bond motifs is 2. The molecule has 2 aliphatic rings. The lowest BCUT2D eigenvalue weighted by atomic mass is 9.94. The molecule has 0 fully saturated rings. The highest BCUT2D eigenvalue weighted by Gasteiger charge is 2.37. The van der Waals surface area contributed by atoms with Gasteiger partial charge in [-0.3, -0.25) is 4.57 Å². The maximum absolute atomic E-state index is 15.0. The third-order valence-electron chi connectivity index (χ3n) is 9.22. The van der Waals surface area contributed by atoms with E-state index in [4.69, 9.17) is 4.52 Å². The highest BCUT2D eigenvalue weighted by molar-refractivity contribution is 7.75. The Bertz CT molecular complexity index is 2640. The average Bonchev–Trinajstić information content (AvgIpc) is 3.17. The molecule has 0 aliphatic carbocycles. The van der Waals surface area contributed by atoms with E-state index in [1.807, 2.05) is 97.1 Å². The smallest absolute Gasteiger partial charge is 0.372 e. The molecule has 6 aromatic carbocycles. The van der Waals surface area contributed by atoms with Crippen molar-refractivity contribution in [3.63, 3.8) is 0 Å². The van der Waals surface area contributed by atoms with Gasteiger partial charge in [-0.15, -0.1) is 0 Å². The summed E-state index contributed by atoms with van der Waals surface area (Å²) in [7, 11) is -6.78. The van der Waals surface area contributed by atoms with E-state index in [1.165, 1.54) is 0 Å². The van der Waals surface area contributed by atoms with E-state index in [1.54, 1.807) is 55.2 Å². The van der Waals surface area contributed by atoms with Crippen LogP contribution in [0.5, 0.6) is 5.75 Å². The first-order valence-corrected chi connectivity index (χ1v) is 20.3. The third-order valence-corrected chi connectivity index (χ3v) is 13.2. The molecular formula is C43H30N4O3P2. The number of nitriles is 2. The molecule has 250 valence electrons. The number of para-hydroxylation sites is 3. The molecule has 9 heteroatoms. The molecular weight excluding hydrogens is 682 g/mol. The van der Waals surface area contributed by atoms with Crippen molar-refractivity contribution in [1.82, 2.24) is 0 Å². The fraction of sp³-hybridized carbons (Fsp3) is 0.0233. The van der Waals surface area contributed by atoms with Crippen molar-refractivity contribution in [3.8, 4) is 40.1 Å². The monoisotopic (exact) mass is 712 g/mol. The SMILES string of the molecule is CP1(=O)Nc2c(cccc2-c2cccc(-c3cccc4c3NP(=O)(Oc3ccccc3)C(c3ccc(C#N)cc3)=C4)c2)C=C1c1ccc(C#N)cc1. The summed E-state index contributed by atoms with van der Waals surface area (Å²) in [5, 5.41) is 26.5. The Labute approximate surface area is 302 Å². The molecule has 2 unspecified atom stereocenters. The van der Waals surface area contributed by atoms with Crippen molar-refractivity contribution in [3.05, 3.63) is 173 Å². The van der Waals surface area contributed by atoms with Crippen molar-refractivity contribution in [2.45, 2.75) is 0 Å². The molecule has 0 saturated carbocycles. The summed E-state index contributed by atoms with van der Waals surface area (Å²) in [4.78, 5) is 0. The first kappa shape index (κ1) is 32.8. The lowest BCUT2D eigenvalue weighted by Gasteiger charge is -2.30. The van der Waals surface area contributed by atoms with E-state index in [2.05, 4.69) is 28.4 Å². The first-order chi connectivity index (χ1) is 25.2. The molecule has 0 radical (unpaired) electrons. The van der Waals surface area contributed by atoms with E-state index in [0.29, 0.717) is 38.8 Å². The molecule has 2 heterocycles. The van der Waals surface area contributed by atoms with Crippen molar-refractivity contribution in [1.29, 1.82) is 10.5 Å². The Balaban J connectivity index is 1.21. The minimum atomic E-state index is -3.74. The lowest BCUT2D eigenvalue weighted by Crippen LogP contribution is -2.11. The summed E-state index contributed by atoms with van der Waals surface area (Å²) in [6.07, 6.45) is 3.87. The Hall–Kier alpha value is -6.36. The molecule has 0 bridgehead atoms. The van der Waals surface area contributed by atoms with E-state index in [-0.39, 0.29) is 0 Å². The fourth-order valence-corrected chi connectivity index (χ4v) is 10.5. The number of hydrogen-bond acceptors (Lipinski definition) is 5. The molecule has 2 aliphatic heterocycles. The van der Waals surface area contributed by atoms with Crippen LogP contribution < -0.4 is 14.7 Å². The molecule has 8 rings (SSSR count). The maximum atomic E-state index is 15.0. The second kappa shape index (κ2) is 13.1. The van der Waals surface area contributed by atoms with Crippen LogP contribution in [0.3, 0.4) is 0 Å². The van der Waals surface area contributed by atoms with E-state index >= 15 is 0 Å². The third kappa shape index (κ3) is 6.04.